The van der Waals surface area contributed by atoms with E-state index in [1.165, 1.54) is 0 Å². The molecule has 0 radical (unpaired) electrons. The molecule has 0 aromatic carbocycles. The second-order valence-corrected chi connectivity index (χ2v) is 4.23. The highest BCUT2D eigenvalue weighted by Gasteiger charge is 2.33. The molecule has 0 bridgehead atoms. The molecule has 2 aromatic heterocycles. The summed E-state index contributed by atoms with van der Waals surface area (Å²) in [6.45, 7) is 2.00. The predicted octanol–water partition coefficient (Wildman–Crippen LogP) is 1.40. The van der Waals surface area contributed by atoms with Crippen LogP contribution in [0.1, 0.15) is 27.4 Å². The number of aryl methyl sites for hydroxylation is 1. The maximum Gasteiger partial charge on any atom is 0.432 e. The molecule has 0 saturated heterocycles. The van der Waals surface area contributed by atoms with E-state index in [9.17, 15) is 18.0 Å². The lowest BCUT2D eigenvalue weighted by molar-refractivity contribution is -0.141. The van der Waals surface area contributed by atoms with Gasteiger partial charge in [-0.05, 0) is 6.92 Å². The molecule has 0 spiro atoms. The number of rotatable bonds is 3. The van der Waals surface area contributed by atoms with Gasteiger partial charge >= 0.3 is 6.18 Å². The van der Waals surface area contributed by atoms with E-state index >= 15 is 0 Å². The summed E-state index contributed by atoms with van der Waals surface area (Å²) in [4.78, 5) is 11.7. The summed E-state index contributed by atoms with van der Waals surface area (Å²) in [5.74, 6) is -0.681. The van der Waals surface area contributed by atoms with Crippen LogP contribution >= 0.6 is 0 Å². The first-order valence-electron chi connectivity index (χ1n) is 5.67. The number of nitrogens with zero attached hydrogens (tertiary/aromatic N) is 3. The van der Waals surface area contributed by atoms with E-state index in [-0.39, 0.29) is 12.2 Å². The number of halogens is 3. The maximum absolute atomic E-state index is 12.4. The molecule has 20 heavy (non-hydrogen) atoms. The Balaban J connectivity index is 2.02. The average Bonchev–Trinajstić information content (AvgIpc) is 2.96. The van der Waals surface area contributed by atoms with Crippen molar-refractivity contribution in [1.29, 1.82) is 0 Å². The number of aromatic amines is 1. The van der Waals surface area contributed by atoms with E-state index in [0.29, 0.717) is 6.07 Å². The molecule has 9 heteroatoms. The van der Waals surface area contributed by atoms with E-state index in [0.717, 1.165) is 11.3 Å². The summed E-state index contributed by atoms with van der Waals surface area (Å²) >= 11 is 0. The van der Waals surface area contributed by atoms with E-state index in [1.54, 1.807) is 23.0 Å². The van der Waals surface area contributed by atoms with Crippen LogP contribution in [0.5, 0.6) is 0 Å². The van der Waals surface area contributed by atoms with Crippen LogP contribution in [-0.4, -0.2) is 25.9 Å². The predicted molar refractivity (Wildman–Crippen MR) is 62.7 cm³/mol. The first-order chi connectivity index (χ1) is 9.29. The molecule has 1 amide bonds. The number of aromatic nitrogens is 4. The molecule has 0 unspecified atom stereocenters. The normalized spacial score (nSPS) is 11.7. The van der Waals surface area contributed by atoms with Gasteiger partial charge in [-0.15, -0.1) is 0 Å². The molecule has 0 fully saturated rings. The average molecular weight is 287 g/mol. The highest BCUT2D eigenvalue weighted by atomic mass is 19.4. The Morgan fingerprint density at radius 2 is 2.20 bits per heavy atom. The Kier molecular flexibility index (Phi) is 3.51. The zero-order valence-corrected chi connectivity index (χ0v) is 10.7. The Morgan fingerprint density at radius 3 is 2.70 bits per heavy atom. The van der Waals surface area contributed by atoms with Gasteiger partial charge in [-0.2, -0.15) is 23.4 Å². The molecule has 0 aliphatic heterocycles. The van der Waals surface area contributed by atoms with Gasteiger partial charge in [0.2, 0.25) is 0 Å². The number of carbonyl (C=O) groups is 1. The minimum Gasteiger partial charge on any atom is -0.346 e. The highest BCUT2D eigenvalue weighted by molar-refractivity contribution is 5.92. The molecular weight excluding hydrogens is 275 g/mol. The van der Waals surface area contributed by atoms with E-state index in [2.05, 4.69) is 15.5 Å². The second kappa shape index (κ2) is 4.99. The number of hydrogen-bond acceptors (Lipinski definition) is 3. The molecule has 0 aliphatic carbocycles. The Morgan fingerprint density at radius 1 is 1.50 bits per heavy atom. The van der Waals surface area contributed by atoms with Gasteiger partial charge < -0.3 is 5.32 Å². The van der Waals surface area contributed by atoms with Crippen LogP contribution in [0.25, 0.3) is 0 Å². The molecule has 6 nitrogen and oxygen atoms in total. The minimum atomic E-state index is -4.55. The van der Waals surface area contributed by atoms with Crippen molar-refractivity contribution in [2.75, 3.05) is 0 Å². The van der Waals surface area contributed by atoms with Gasteiger partial charge in [0.25, 0.3) is 5.91 Å². The van der Waals surface area contributed by atoms with Gasteiger partial charge in [0.1, 0.15) is 5.69 Å². The molecule has 2 heterocycles. The number of alkyl halides is 3. The number of hydrogen-bond donors (Lipinski definition) is 2. The number of H-pyrrole nitrogens is 1. The second-order valence-electron chi connectivity index (χ2n) is 4.23. The van der Waals surface area contributed by atoms with Gasteiger partial charge in [0.15, 0.2) is 5.69 Å². The summed E-state index contributed by atoms with van der Waals surface area (Å²) < 4.78 is 38.7. The van der Waals surface area contributed by atoms with E-state index in [4.69, 9.17) is 0 Å². The fourth-order valence-electron chi connectivity index (χ4n) is 1.57. The molecule has 0 atom stereocenters. The van der Waals surface area contributed by atoms with Gasteiger partial charge in [-0.3, -0.25) is 14.6 Å². The summed E-state index contributed by atoms with van der Waals surface area (Å²) in [6, 6.07) is 0.672. The van der Waals surface area contributed by atoms with E-state index < -0.39 is 17.8 Å². The first-order valence-corrected chi connectivity index (χ1v) is 5.67. The van der Waals surface area contributed by atoms with Crippen molar-refractivity contribution in [1.82, 2.24) is 25.3 Å². The molecule has 0 aliphatic rings. The van der Waals surface area contributed by atoms with Gasteiger partial charge in [-0.1, -0.05) is 0 Å². The molecular formula is C11H12F3N5O. The minimum absolute atomic E-state index is 0.173. The summed E-state index contributed by atoms with van der Waals surface area (Å²) in [7, 11) is 1.75. The Labute approximate surface area is 112 Å². The highest BCUT2D eigenvalue weighted by Crippen LogP contribution is 2.27. The molecule has 2 aromatic rings. The topological polar surface area (TPSA) is 75.6 Å². The third-order valence-corrected chi connectivity index (χ3v) is 2.89. The van der Waals surface area contributed by atoms with Crippen molar-refractivity contribution in [2.24, 2.45) is 7.05 Å². The smallest absolute Gasteiger partial charge is 0.346 e. The van der Waals surface area contributed by atoms with Crippen LogP contribution in [-0.2, 0) is 19.8 Å². The lowest BCUT2D eigenvalue weighted by Gasteiger charge is -2.02. The van der Waals surface area contributed by atoms with Gasteiger partial charge in [-0.25, -0.2) is 0 Å². The van der Waals surface area contributed by atoms with Crippen LogP contribution in [0.2, 0.25) is 0 Å². The van der Waals surface area contributed by atoms with Crippen molar-refractivity contribution in [2.45, 2.75) is 19.6 Å². The van der Waals surface area contributed by atoms with Crippen molar-refractivity contribution >= 4 is 5.91 Å². The van der Waals surface area contributed by atoms with Crippen LogP contribution < -0.4 is 5.32 Å². The monoisotopic (exact) mass is 287 g/mol. The Hall–Kier alpha value is -2.32. The largest absolute Gasteiger partial charge is 0.432 e. The summed E-state index contributed by atoms with van der Waals surface area (Å²) in [5.41, 5.74) is 0.287. The molecule has 0 saturated carbocycles. The summed E-state index contributed by atoms with van der Waals surface area (Å²) in [6.07, 6.45) is -2.97. The SMILES string of the molecule is Cc1c(CNC(=O)c2cc(C(F)(F)F)[nH]n2)cnn1C. The standard InChI is InChI=1S/C11H12F3N5O/c1-6-7(5-16-19(6)2)4-15-10(20)8-3-9(18-17-8)11(12,13)14/h3,5H,4H2,1-2H3,(H,15,20)(H,17,18). The van der Waals surface area contributed by atoms with E-state index in [1.807, 2.05) is 6.92 Å². The van der Waals surface area contributed by atoms with Crippen molar-refractivity contribution in [3.8, 4) is 0 Å². The maximum atomic E-state index is 12.4. The first kappa shape index (κ1) is 14.1. The summed E-state index contributed by atoms with van der Waals surface area (Å²) in [5, 5.41) is 11.6. The zero-order valence-electron chi connectivity index (χ0n) is 10.7. The molecule has 2 N–H and O–H groups in total. The van der Waals surface area contributed by atoms with Crippen molar-refractivity contribution < 1.29 is 18.0 Å². The van der Waals surface area contributed by atoms with Crippen molar-refractivity contribution in [3.63, 3.8) is 0 Å². The molecule has 2 rings (SSSR count). The van der Waals surface area contributed by atoms with Crippen LogP contribution in [0, 0.1) is 6.92 Å². The van der Waals surface area contributed by atoms with Crippen LogP contribution in [0.3, 0.4) is 0 Å². The lowest BCUT2D eigenvalue weighted by Crippen LogP contribution is -2.23. The molecule has 108 valence electrons. The lowest BCUT2D eigenvalue weighted by atomic mass is 10.2. The number of carbonyl (C=O) groups excluding carboxylic acids is 1. The number of nitrogens with one attached hydrogen (secondary N) is 2. The fourth-order valence-corrected chi connectivity index (χ4v) is 1.57. The fraction of sp³-hybridized carbons (Fsp3) is 0.364. The zero-order chi connectivity index (χ0) is 14.9. The number of amides is 1. The Bertz CT molecular complexity index is 628. The quantitative estimate of drug-likeness (QED) is 0.896. The third kappa shape index (κ3) is 2.81. The van der Waals surface area contributed by atoms with Gasteiger partial charge in [0, 0.05) is 30.9 Å². The third-order valence-electron chi connectivity index (χ3n) is 2.89. The van der Waals surface area contributed by atoms with Crippen molar-refractivity contribution in [3.05, 3.63) is 34.9 Å². The van der Waals surface area contributed by atoms with Crippen LogP contribution in [0.4, 0.5) is 13.2 Å². The van der Waals surface area contributed by atoms with Gasteiger partial charge in [0.05, 0.1) is 6.20 Å². The van der Waals surface area contributed by atoms with Crippen LogP contribution in [0.15, 0.2) is 12.3 Å².